The summed E-state index contributed by atoms with van der Waals surface area (Å²) in [4.78, 5) is 0. The Morgan fingerprint density at radius 3 is 2.54 bits per heavy atom. The van der Waals surface area contributed by atoms with Gasteiger partial charge >= 0.3 is 0 Å². The Morgan fingerprint density at radius 1 is 1.12 bits per heavy atom. The summed E-state index contributed by atoms with van der Waals surface area (Å²) >= 11 is 5.38. The van der Waals surface area contributed by atoms with Crippen molar-refractivity contribution in [1.82, 2.24) is 14.9 Å². The van der Waals surface area contributed by atoms with Gasteiger partial charge in [0.1, 0.15) is 11.5 Å². The lowest BCUT2D eigenvalue weighted by atomic mass is 10.2. The van der Waals surface area contributed by atoms with E-state index < -0.39 is 0 Å². The zero-order valence-electron chi connectivity index (χ0n) is 15.0. The number of para-hydroxylation sites is 2. The number of aromatic amines is 1. The van der Waals surface area contributed by atoms with Gasteiger partial charge in [-0.2, -0.15) is 5.10 Å². The van der Waals surface area contributed by atoms with E-state index in [1.54, 1.807) is 11.8 Å². The number of benzene rings is 2. The van der Waals surface area contributed by atoms with Gasteiger partial charge in [0.2, 0.25) is 4.77 Å². The Hall–Kier alpha value is -2.80. The number of methoxy groups -OCH3 is 1. The van der Waals surface area contributed by atoms with E-state index in [0.717, 1.165) is 22.6 Å². The van der Waals surface area contributed by atoms with Gasteiger partial charge in [-0.1, -0.05) is 30.3 Å². The minimum atomic E-state index is 0.108. The smallest absolute Gasteiger partial charge is 0.214 e. The van der Waals surface area contributed by atoms with Crippen LogP contribution < -0.4 is 14.9 Å². The van der Waals surface area contributed by atoms with Crippen LogP contribution in [0, 0.1) is 4.77 Å². The molecule has 6 nitrogen and oxygen atoms in total. The SMILES string of the molecule is COc1ccccc1-c1n[nH]c(=S)n1NCc1ccccc1OC(C)C. The number of nitrogens with one attached hydrogen (secondary N) is 2. The lowest BCUT2D eigenvalue weighted by molar-refractivity contribution is 0.240. The molecule has 7 heteroatoms. The van der Waals surface area contributed by atoms with Crippen molar-refractivity contribution < 1.29 is 9.47 Å². The van der Waals surface area contributed by atoms with E-state index in [0.29, 0.717) is 17.1 Å². The summed E-state index contributed by atoms with van der Waals surface area (Å²) in [5, 5.41) is 7.19. The molecule has 0 amide bonds. The molecule has 2 aromatic carbocycles. The fourth-order valence-electron chi connectivity index (χ4n) is 2.64. The highest BCUT2D eigenvalue weighted by Gasteiger charge is 2.14. The Kier molecular flexibility index (Phi) is 5.58. The molecular formula is C19H22N4O2S. The van der Waals surface area contributed by atoms with Crippen LogP contribution in [0.15, 0.2) is 48.5 Å². The summed E-state index contributed by atoms with van der Waals surface area (Å²) in [5.74, 6) is 2.24. The topological polar surface area (TPSA) is 64.1 Å². The molecule has 0 atom stereocenters. The molecule has 0 saturated heterocycles. The van der Waals surface area contributed by atoms with Gasteiger partial charge in [0.25, 0.3) is 0 Å². The fraction of sp³-hybridized carbons (Fsp3) is 0.263. The van der Waals surface area contributed by atoms with E-state index in [-0.39, 0.29) is 6.10 Å². The average molecular weight is 370 g/mol. The maximum atomic E-state index is 5.88. The van der Waals surface area contributed by atoms with E-state index >= 15 is 0 Å². The molecule has 0 fully saturated rings. The molecule has 0 aliphatic heterocycles. The van der Waals surface area contributed by atoms with Crippen LogP contribution >= 0.6 is 12.2 Å². The quantitative estimate of drug-likeness (QED) is 0.612. The van der Waals surface area contributed by atoms with Gasteiger partial charge in [0, 0.05) is 5.56 Å². The molecular weight excluding hydrogens is 348 g/mol. The van der Waals surface area contributed by atoms with Gasteiger partial charge in [-0.15, -0.1) is 0 Å². The maximum absolute atomic E-state index is 5.88. The van der Waals surface area contributed by atoms with E-state index in [9.17, 15) is 0 Å². The second-order valence-electron chi connectivity index (χ2n) is 6.00. The Balaban J connectivity index is 1.89. The van der Waals surface area contributed by atoms with Crippen molar-refractivity contribution in [1.29, 1.82) is 0 Å². The molecule has 3 aromatic rings. The largest absolute Gasteiger partial charge is 0.496 e. The summed E-state index contributed by atoms with van der Waals surface area (Å²) in [7, 11) is 1.64. The van der Waals surface area contributed by atoms with Crippen LogP contribution in [-0.4, -0.2) is 28.1 Å². The third-order valence-electron chi connectivity index (χ3n) is 3.78. The van der Waals surface area contributed by atoms with Crippen LogP contribution in [0.25, 0.3) is 11.4 Å². The lowest BCUT2D eigenvalue weighted by Crippen LogP contribution is -2.17. The molecule has 0 saturated carbocycles. The zero-order chi connectivity index (χ0) is 18.5. The number of hydrogen-bond acceptors (Lipinski definition) is 5. The normalized spacial score (nSPS) is 10.8. The lowest BCUT2D eigenvalue weighted by Gasteiger charge is -2.16. The number of rotatable bonds is 7. The van der Waals surface area contributed by atoms with Gasteiger partial charge in [-0.25, -0.2) is 9.77 Å². The summed E-state index contributed by atoms with van der Waals surface area (Å²) in [6, 6.07) is 15.6. The molecule has 3 rings (SSSR count). The summed E-state index contributed by atoms with van der Waals surface area (Å²) in [5.41, 5.74) is 5.21. The second-order valence-corrected chi connectivity index (χ2v) is 6.38. The van der Waals surface area contributed by atoms with Crippen molar-refractivity contribution in [3.8, 4) is 22.9 Å². The third-order valence-corrected chi connectivity index (χ3v) is 4.06. The van der Waals surface area contributed by atoms with Crippen molar-refractivity contribution in [2.24, 2.45) is 0 Å². The summed E-state index contributed by atoms with van der Waals surface area (Å²) < 4.78 is 13.5. The molecule has 0 unspecified atom stereocenters. The molecule has 2 N–H and O–H groups in total. The van der Waals surface area contributed by atoms with Crippen LogP contribution in [0.4, 0.5) is 0 Å². The van der Waals surface area contributed by atoms with Crippen molar-refractivity contribution in [2.45, 2.75) is 26.5 Å². The highest BCUT2D eigenvalue weighted by molar-refractivity contribution is 7.71. The van der Waals surface area contributed by atoms with Crippen LogP contribution in [0.5, 0.6) is 11.5 Å². The first-order valence-corrected chi connectivity index (χ1v) is 8.80. The molecule has 0 bridgehead atoms. The van der Waals surface area contributed by atoms with Crippen LogP contribution in [0.3, 0.4) is 0 Å². The summed E-state index contributed by atoms with van der Waals surface area (Å²) in [6.07, 6.45) is 0.108. The van der Waals surface area contributed by atoms with Gasteiger partial charge in [0.05, 0.1) is 25.3 Å². The van der Waals surface area contributed by atoms with Gasteiger partial charge in [-0.05, 0) is 44.3 Å². The predicted octanol–water partition coefficient (Wildman–Crippen LogP) is 4.15. The van der Waals surface area contributed by atoms with Gasteiger partial charge in [-0.3, -0.25) is 0 Å². The third kappa shape index (κ3) is 3.88. The Morgan fingerprint density at radius 2 is 1.81 bits per heavy atom. The van der Waals surface area contributed by atoms with E-state index in [2.05, 4.69) is 15.6 Å². The minimum Gasteiger partial charge on any atom is -0.496 e. The van der Waals surface area contributed by atoms with Crippen LogP contribution in [-0.2, 0) is 6.54 Å². The second kappa shape index (κ2) is 8.05. The predicted molar refractivity (Wildman–Crippen MR) is 105 cm³/mol. The van der Waals surface area contributed by atoms with Crippen molar-refractivity contribution in [3.05, 3.63) is 58.9 Å². The number of nitrogens with zero attached hydrogens (tertiary/aromatic N) is 2. The fourth-order valence-corrected chi connectivity index (χ4v) is 2.83. The minimum absolute atomic E-state index is 0.108. The molecule has 136 valence electrons. The van der Waals surface area contributed by atoms with Crippen LogP contribution in [0.1, 0.15) is 19.4 Å². The maximum Gasteiger partial charge on any atom is 0.214 e. The first-order chi connectivity index (χ1) is 12.6. The highest BCUT2D eigenvalue weighted by Crippen LogP contribution is 2.28. The molecule has 0 aliphatic rings. The Labute approximate surface area is 157 Å². The summed E-state index contributed by atoms with van der Waals surface area (Å²) in [6.45, 7) is 4.56. The van der Waals surface area contributed by atoms with E-state index in [1.807, 2.05) is 62.4 Å². The first-order valence-electron chi connectivity index (χ1n) is 8.39. The number of aromatic nitrogens is 3. The first kappa shape index (κ1) is 18.0. The molecule has 1 heterocycles. The van der Waals surface area contributed by atoms with Gasteiger partial charge in [0.15, 0.2) is 5.82 Å². The standard InChI is InChI=1S/C19H22N4O2S/c1-13(2)25-16-10-6-4-8-14(16)12-20-23-18(21-22-19(23)26)15-9-5-7-11-17(15)24-3/h4-11,13,20H,12H2,1-3H3,(H,22,26). The molecule has 0 spiro atoms. The van der Waals surface area contributed by atoms with Gasteiger partial charge < -0.3 is 14.9 Å². The molecule has 1 aromatic heterocycles. The van der Waals surface area contributed by atoms with E-state index in [1.165, 1.54) is 0 Å². The van der Waals surface area contributed by atoms with Crippen molar-refractivity contribution >= 4 is 12.2 Å². The number of hydrogen-bond donors (Lipinski definition) is 2. The average Bonchev–Trinajstić information content (AvgIpc) is 3.01. The Bertz CT molecular complexity index is 933. The monoisotopic (exact) mass is 370 g/mol. The van der Waals surface area contributed by atoms with Crippen molar-refractivity contribution in [2.75, 3.05) is 12.5 Å². The highest BCUT2D eigenvalue weighted by atomic mass is 32.1. The zero-order valence-corrected chi connectivity index (χ0v) is 15.8. The van der Waals surface area contributed by atoms with Crippen molar-refractivity contribution in [3.63, 3.8) is 0 Å². The number of ether oxygens (including phenoxy) is 2. The van der Waals surface area contributed by atoms with E-state index in [4.69, 9.17) is 21.7 Å². The molecule has 0 aliphatic carbocycles. The number of H-pyrrole nitrogens is 1. The van der Waals surface area contributed by atoms with Crippen LogP contribution in [0.2, 0.25) is 0 Å². The molecule has 0 radical (unpaired) electrons. The molecule has 26 heavy (non-hydrogen) atoms.